The lowest BCUT2D eigenvalue weighted by Crippen LogP contribution is -2.20. The largest absolute Gasteiger partial charge is 0.489 e. The molecule has 0 spiro atoms. The molecule has 7 nitrogen and oxygen atoms in total. The van der Waals surface area contributed by atoms with Gasteiger partial charge in [-0.3, -0.25) is 4.79 Å². The minimum Gasteiger partial charge on any atom is -0.489 e. The van der Waals surface area contributed by atoms with Gasteiger partial charge in [-0.2, -0.15) is 0 Å². The van der Waals surface area contributed by atoms with Crippen LogP contribution < -0.4 is 10.1 Å². The van der Waals surface area contributed by atoms with Crippen molar-refractivity contribution in [3.05, 3.63) is 40.5 Å². The summed E-state index contributed by atoms with van der Waals surface area (Å²) in [4.78, 5) is 28.4. The molecule has 0 saturated carbocycles. The first-order valence-corrected chi connectivity index (χ1v) is 8.73. The number of rotatable bonds is 4. The highest BCUT2D eigenvalue weighted by Crippen LogP contribution is 2.40. The molecule has 2 aromatic rings. The molecular formula is C20H21FN2O5. The number of carbonyl (C=O) groups excluding carboxylic acids is 2. The van der Waals surface area contributed by atoms with Crippen LogP contribution in [0.3, 0.4) is 0 Å². The maximum atomic E-state index is 15.4. The standard InChI is InChI=1S/C20H21FN2O5/c1-10-16(12-5-6-14-19(17(12)21)22-7-8-28-14)13(9-15(24)26-3)11(2)23-18(10)20(25)27-4/h5-6,22H,7-9H2,1-4H3. The van der Waals surface area contributed by atoms with Gasteiger partial charge < -0.3 is 19.5 Å². The van der Waals surface area contributed by atoms with Gasteiger partial charge in [0.15, 0.2) is 11.5 Å². The van der Waals surface area contributed by atoms with E-state index in [1.807, 2.05) is 0 Å². The second-order valence-electron chi connectivity index (χ2n) is 6.34. The van der Waals surface area contributed by atoms with Crippen molar-refractivity contribution in [2.45, 2.75) is 20.3 Å². The van der Waals surface area contributed by atoms with E-state index in [-0.39, 0.29) is 23.4 Å². The van der Waals surface area contributed by atoms with Crippen LogP contribution in [0.25, 0.3) is 11.1 Å². The third-order valence-corrected chi connectivity index (χ3v) is 4.71. The lowest BCUT2D eigenvalue weighted by molar-refractivity contribution is -0.139. The fourth-order valence-electron chi connectivity index (χ4n) is 3.31. The second-order valence-corrected chi connectivity index (χ2v) is 6.34. The smallest absolute Gasteiger partial charge is 0.356 e. The molecule has 0 bridgehead atoms. The quantitative estimate of drug-likeness (QED) is 0.806. The molecular weight excluding hydrogens is 367 g/mol. The minimum atomic E-state index is -0.633. The molecule has 148 valence electrons. The normalized spacial score (nSPS) is 12.5. The number of hydrogen-bond acceptors (Lipinski definition) is 7. The van der Waals surface area contributed by atoms with Gasteiger partial charge in [-0.25, -0.2) is 14.2 Å². The Balaban J connectivity index is 2.30. The molecule has 1 aliphatic rings. The molecule has 1 aromatic heterocycles. The molecule has 0 aliphatic carbocycles. The Kier molecular flexibility index (Phi) is 5.48. The van der Waals surface area contributed by atoms with Gasteiger partial charge in [-0.15, -0.1) is 0 Å². The third kappa shape index (κ3) is 3.37. The van der Waals surface area contributed by atoms with E-state index in [0.29, 0.717) is 41.3 Å². The summed E-state index contributed by atoms with van der Waals surface area (Å²) in [6, 6.07) is 3.24. The summed E-state index contributed by atoms with van der Waals surface area (Å²) in [5, 5.41) is 3.00. The van der Waals surface area contributed by atoms with Crippen LogP contribution in [-0.2, 0) is 20.7 Å². The number of aromatic nitrogens is 1. The van der Waals surface area contributed by atoms with Crippen molar-refractivity contribution in [3.8, 4) is 16.9 Å². The fraction of sp³-hybridized carbons (Fsp3) is 0.350. The molecule has 0 fully saturated rings. The van der Waals surface area contributed by atoms with Gasteiger partial charge in [0.05, 0.1) is 20.6 Å². The van der Waals surface area contributed by atoms with Crippen LogP contribution in [-0.4, -0.2) is 44.3 Å². The predicted octanol–water partition coefficient (Wildman–Crippen LogP) is 2.81. The molecule has 0 unspecified atom stereocenters. The minimum absolute atomic E-state index is 0.0740. The Morgan fingerprint density at radius 1 is 1.25 bits per heavy atom. The van der Waals surface area contributed by atoms with E-state index >= 15 is 4.39 Å². The summed E-state index contributed by atoms with van der Waals surface area (Å²) >= 11 is 0. The molecule has 0 atom stereocenters. The van der Waals surface area contributed by atoms with Crippen LogP contribution in [0.5, 0.6) is 5.75 Å². The van der Waals surface area contributed by atoms with Crippen molar-refractivity contribution >= 4 is 17.6 Å². The summed E-state index contributed by atoms with van der Waals surface area (Å²) in [7, 11) is 2.53. The van der Waals surface area contributed by atoms with Crippen LogP contribution >= 0.6 is 0 Å². The van der Waals surface area contributed by atoms with E-state index in [1.54, 1.807) is 26.0 Å². The zero-order valence-electron chi connectivity index (χ0n) is 16.1. The summed E-state index contributed by atoms with van der Waals surface area (Å²) in [5.41, 5.74) is 2.33. The lowest BCUT2D eigenvalue weighted by atomic mass is 9.90. The molecule has 28 heavy (non-hydrogen) atoms. The van der Waals surface area contributed by atoms with Gasteiger partial charge >= 0.3 is 11.9 Å². The topological polar surface area (TPSA) is 86.8 Å². The number of aryl methyl sites for hydroxylation is 1. The number of carbonyl (C=O) groups is 2. The van der Waals surface area contributed by atoms with Gasteiger partial charge in [0.2, 0.25) is 0 Å². The van der Waals surface area contributed by atoms with Crippen LogP contribution in [0.1, 0.15) is 27.3 Å². The molecule has 3 rings (SSSR count). The zero-order valence-corrected chi connectivity index (χ0v) is 16.1. The average Bonchev–Trinajstić information content (AvgIpc) is 2.71. The van der Waals surface area contributed by atoms with Crippen molar-refractivity contribution in [2.75, 3.05) is 32.7 Å². The molecule has 0 saturated heterocycles. The summed E-state index contributed by atoms with van der Waals surface area (Å²) in [6.45, 7) is 4.23. The van der Waals surface area contributed by atoms with Crippen LogP contribution in [0.2, 0.25) is 0 Å². The number of methoxy groups -OCH3 is 2. The van der Waals surface area contributed by atoms with E-state index < -0.39 is 17.8 Å². The van der Waals surface area contributed by atoms with Crippen molar-refractivity contribution in [3.63, 3.8) is 0 Å². The van der Waals surface area contributed by atoms with E-state index in [2.05, 4.69) is 10.3 Å². The van der Waals surface area contributed by atoms with Crippen molar-refractivity contribution < 1.29 is 28.2 Å². The highest BCUT2D eigenvalue weighted by atomic mass is 19.1. The number of ether oxygens (including phenoxy) is 3. The Morgan fingerprint density at radius 3 is 2.68 bits per heavy atom. The average molecular weight is 388 g/mol. The van der Waals surface area contributed by atoms with Crippen LogP contribution in [0.15, 0.2) is 12.1 Å². The third-order valence-electron chi connectivity index (χ3n) is 4.71. The summed E-state index contributed by atoms with van der Waals surface area (Å²) in [5.74, 6) is -1.23. The maximum Gasteiger partial charge on any atom is 0.356 e. The molecule has 1 aliphatic heterocycles. The van der Waals surface area contributed by atoms with E-state index in [0.717, 1.165) is 0 Å². The Bertz CT molecular complexity index is 958. The number of nitrogens with one attached hydrogen (secondary N) is 1. The Labute approximate surface area is 161 Å². The van der Waals surface area contributed by atoms with Crippen molar-refractivity contribution in [2.24, 2.45) is 0 Å². The van der Waals surface area contributed by atoms with Gasteiger partial charge in [0.25, 0.3) is 0 Å². The SMILES string of the molecule is COC(=O)Cc1c(C)nc(C(=O)OC)c(C)c1-c1ccc2c(c1F)NCCO2. The van der Waals surface area contributed by atoms with Gasteiger partial charge in [-0.1, -0.05) is 0 Å². The second kappa shape index (κ2) is 7.84. The van der Waals surface area contributed by atoms with Crippen LogP contribution in [0.4, 0.5) is 10.1 Å². The highest BCUT2D eigenvalue weighted by molar-refractivity contribution is 5.93. The molecule has 1 aromatic carbocycles. The highest BCUT2D eigenvalue weighted by Gasteiger charge is 2.26. The summed E-state index contributed by atoms with van der Waals surface area (Å²) in [6.07, 6.45) is -0.104. The van der Waals surface area contributed by atoms with Crippen molar-refractivity contribution in [1.82, 2.24) is 4.98 Å². The van der Waals surface area contributed by atoms with E-state index in [4.69, 9.17) is 14.2 Å². The van der Waals surface area contributed by atoms with Gasteiger partial charge in [0, 0.05) is 17.8 Å². The Hall–Kier alpha value is -3.16. The van der Waals surface area contributed by atoms with Crippen LogP contribution in [0, 0.1) is 19.7 Å². The number of pyridine rings is 1. The number of halogens is 1. The molecule has 1 N–H and O–H groups in total. The first-order chi connectivity index (χ1) is 13.4. The number of hydrogen-bond donors (Lipinski definition) is 1. The van der Waals surface area contributed by atoms with E-state index in [9.17, 15) is 9.59 Å². The molecule has 0 radical (unpaired) electrons. The molecule has 2 heterocycles. The number of fused-ring (bicyclic) bond motifs is 1. The van der Waals surface area contributed by atoms with E-state index in [1.165, 1.54) is 14.2 Å². The predicted molar refractivity (Wildman–Crippen MR) is 100 cm³/mol. The summed E-state index contributed by atoms with van der Waals surface area (Å²) < 4.78 is 30.4. The lowest BCUT2D eigenvalue weighted by Gasteiger charge is -2.23. The number of esters is 2. The van der Waals surface area contributed by atoms with Crippen molar-refractivity contribution in [1.29, 1.82) is 0 Å². The molecule has 0 amide bonds. The Morgan fingerprint density at radius 2 is 2.00 bits per heavy atom. The first kappa shape index (κ1) is 19.6. The zero-order chi connectivity index (χ0) is 20.4. The molecule has 8 heteroatoms. The number of nitrogens with zero attached hydrogens (tertiary/aromatic N) is 1. The van der Waals surface area contributed by atoms with Gasteiger partial charge in [0.1, 0.15) is 18.0 Å². The number of anilines is 1. The number of benzene rings is 1. The maximum absolute atomic E-state index is 15.4. The monoisotopic (exact) mass is 388 g/mol. The first-order valence-electron chi connectivity index (χ1n) is 8.73. The fourth-order valence-corrected chi connectivity index (χ4v) is 3.31. The van der Waals surface area contributed by atoms with Gasteiger partial charge in [-0.05, 0) is 42.7 Å².